The molecular formula is C18H17ClFNO4. The molecule has 2 rings (SSSR count). The number of ether oxygens (including phenoxy) is 2. The number of carbonyl (C=O) groups excluding carboxylic acids is 2. The van der Waals surface area contributed by atoms with Gasteiger partial charge in [-0.1, -0.05) is 23.7 Å². The fourth-order valence-corrected chi connectivity index (χ4v) is 2.29. The predicted octanol–water partition coefficient (Wildman–Crippen LogP) is 3.52. The normalized spacial score (nSPS) is 11.5. The van der Waals surface area contributed by atoms with Gasteiger partial charge in [-0.25, -0.2) is 9.18 Å². The zero-order valence-corrected chi connectivity index (χ0v) is 14.5. The van der Waals surface area contributed by atoms with Gasteiger partial charge in [-0.15, -0.1) is 0 Å². The maximum Gasteiger partial charge on any atom is 0.341 e. The van der Waals surface area contributed by atoms with Crippen LogP contribution in [0.15, 0.2) is 42.5 Å². The molecule has 0 aliphatic heterocycles. The summed E-state index contributed by atoms with van der Waals surface area (Å²) >= 11 is 5.72. The lowest BCUT2D eigenvalue weighted by Gasteiger charge is -2.15. The number of hydrogen-bond donors (Lipinski definition) is 1. The first-order valence-electron chi connectivity index (χ1n) is 7.46. The van der Waals surface area contributed by atoms with Gasteiger partial charge in [-0.05, 0) is 42.8 Å². The summed E-state index contributed by atoms with van der Waals surface area (Å²) in [6, 6.07) is 10.4. The first-order valence-corrected chi connectivity index (χ1v) is 7.84. The van der Waals surface area contributed by atoms with Gasteiger partial charge in [0.2, 0.25) is 0 Å². The lowest BCUT2D eigenvalue weighted by atomic mass is 10.1. The largest absolute Gasteiger partial charge is 0.497 e. The minimum atomic E-state index is -0.952. The maximum absolute atomic E-state index is 13.6. The maximum atomic E-state index is 13.6. The summed E-state index contributed by atoms with van der Waals surface area (Å²) in [7, 11) is 1.57. The summed E-state index contributed by atoms with van der Waals surface area (Å²) in [5, 5.41) is 2.89. The Morgan fingerprint density at radius 2 is 1.88 bits per heavy atom. The van der Waals surface area contributed by atoms with Gasteiger partial charge in [0.1, 0.15) is 11.6 Å². The Bertz CT molecular complexity index is 764. The lowest BCUT2D eigenvalue weighted by Crippen LogP contribution is -2.31. The second-order valence-corrected chi connectivity index (χ2v) is 5.70. The van der Waals surface area contributed by atoms with Gasteiger partial charge >= 0.3 is 5.97 Å². The van der Waals surface area contributed by atoms with Crippen molar-refractivity contribution < 1.29 is 23.5 Å². The van der Waals surface area contributed by atoms with Crippen molar-refractivity contribution in [3.8, 4) is 5.75 Å². The van der Waals surface area contributed by atoms with Crippen LogP contribution in [0.5, 0.6) is 5.75 Å². The highest BCUT2D eigenvalue weighted by Gasteiger charge is 2.16. The molecule has 5 nitrogen and oxygen atoms in total. The average Bonchev–Trinajstić information content (AvgIpc) is 2.61. The third kappa shape index (κ3) is 5.19. The van der Waals surface area contributed by atoms with Crippen LogP contribution < -0.4 is 10.1 Å². The van der Waals surface area contributed by atoms with Crippen LogP contribution in [0, 0.1) is 5.82 Å². The van der Waals surface area contributed by atoms with Gasteiger partial charge in [-0.3, -0.25) is 4.79 Å². The Morgan fingerprint density at radius 3 is 2.52 bits per heavy atom. The van der Waals surface area contributed by atoms with Crippen LogP contribution in [-0.2, 0) is 9.53 Å². The Labute approximate surface area is 149 Å². The standard InChI is InChI=1S/C18H17ClFNO4/c1-11(12-3-6-14(24-2)7-4-12)21-17(22)10-25-18(23)15-9-13(19)5-8-16(15)20/h3-9,11H,10H2,1-2H3,(H,21,22)/t11-/m0/s1. The molecule has 0 spiro atoms. The molecule has 0 heterocycles. The highest BCUT2D eigenvalue weighted by atomic mass is 35.5. The quantitative estimate of drug-likeness (QED) is 0.795. The van der Waals surface area contributed by atoms with Crippen molar-refractivity contribution in [3.63, 3.8) is 0 Å². The Balaban J connectivity index is 1.89. The second-order valence-electron chi connectivity index (χ2n) is 5.26. The summed E-state index contributed by atoms with van der Waals surface area (Å²) in [4.78, 5) is 23.7. The highest BCUT2D eigenvalue weighted by molar-refractivity contribution is 6.30. The number of rotatable bonds is 6. The molecule has 2 aromatic carbocycles. The van der Waals surface area contributed by atoms with E-state index in [1.165, 1.54) is 6.07 Å². The van der Waals surface area contributed by atoms with E-state index < -0.39 is 24.3 Å². The molecular weight excluding hydrogens is 349 g/mol. The van der Waals surface area contributed by atoms with Crippen molar-refractivity contribution in [1.82, 2.24) is 5.32 Å². The first kappa shape index (κ1) is 18.7. The van der Waals surface area contributed by atoms with E-state index in [9.17, 15) is 14.0 Å². The third-order valence-electron chi connectivity index (χ3n) is 3.48. The second kappa shape index (κ2) is 8.48. The zero-order valence-electron chi connectivity index (χ0n) is 13.7. The van der Waals surface area contributed by atoms with Gasteiger partial charge in [0.25, 0.3) is 5.91 Å². The molecule has 2 aromatic rings. The molecule has 0 radical (unpaired) electrons. The molecule has 0 fully saturated rings. The number of amides is 1. The van der Waals surface area contributed by atoms with Gasteiger partial charge in [-0.2, -0.15) is 0 Å². The fraction of sp³-hybridized carbons (Fsp3) is 0.222. The van der Waals surface area contributed by atoms with Gasteiger partial charge in [0, 0.05) is 5.02 Å². The zero-order chi connectivity index (χ0) is 18.4. The molecule has 0 saturated heterocycles. The van der Waals surface area contributed by atoms with E-state index in [1.54, 1.807) is 26.2 Å². The van der Waals surface area contributed by atoms with Crippen LogP contribution in [-0.4, -0.2) is 25.6 Å². The van der Waals surface area contributed by atoms with Crippen LogP contribution in [0.1, 0.15) is 28.9 Å². The van der Waals surface area contributed by atoms with Crippen molar-refractivity contribution in [2.24, 2.45) is 0 Å². The number of nitrogens with one attached hydrogen (secondary N) is 1. The van der Waals surface area contributed by atoms with E-state index in [1.807, 2.05) is 12.1 Å². The van der Waals surface area contributed by atoms with Crippen molar-refractivity contribution >= 4 is 23.5 Å². The molecule has 7 heteroatoms. The van der Waals surface area contributed by atoms with Crippen LogP contribution in [0.25, 0.3) is 0 Å². The molecule has 0 aliphatic carbocycles. The Morgan fingerprint density at radius 1 is 1.20 bits per heavy atom. The number of esters is 1. The van der Waals surface area contributed by atoms with Crippen LogP contribution >= 0.6 is 11.6 Å². The minimum Gasteiger partial charge on any atom is -0.497 e. The summed E-state index contributed by atoms with van der Waals surface area (Å²) in [6.07, 6.45) is 0. The van der Waals surface area contributed by atoms with Crippen molar-refractivity contribution in [2.45, 2.75) is 13.0 Å². The van der Waals surface area contributed by atoms with Crippen molar-refractivity contribution in [2.75, 3.05) is 13.7 Å². The third-order valence-corrected chi connectivity index (χ3v) is 3.71. The summed E-state index contributed by atoms with van der Waals surface area (Å²) in [5.74, 6) is -1.51. The van der Waals surface area contributed by atoms with E-state index >= 15 is 0 Å². The van der Waals surface area contributed by atoms with Crippen molar-refractivity contribution in [3.05, 3.63) is 64.4 Å². The van der Waals surface area contributed by atoms with Crippen LogP contribution in [0.4, 0.5) is 4.39 Å². The number of methoxy groups -OCH3 is 1. The van der Waals surface area contributed by atoms with E-state index in [0.717, 1.165) is 17.7 Å². The molecule has 0 aromatic heterocycles. The summed E-state index contributed by atoms with van der Waals surface area (Å²) in [5.41, 5.74) is 0.546. The van der Waals surface area contributed by atoms with Crippen LogP contribution in [0.3, 0.4) is 0 Å². The van der Waals surface area contributed by atoms with E-state index in [0.29, 0.717) is 5.75 Å². The molecule has 0 bridgehead atoms. The number of benzene rings is 2. The molecule has 25 heavy (non-hydrogen) atoms. The van der Waals surface area contributed by atoms with E-state index in [-0.39, 0.29) is 16.6 Å². The molecule has 1 N–H and O–H groups in total. The SMILES string of the molecule is COc1ccc([C@H](C)NC(=O)COC(=O)c2cc(Cl)ccc2F)cc1. The molecule has 1 atom stereocenters. The first-order chi connectivity index (χ1) is 11.9. The molecule has 0 aliphatic rings. The van der Waals surface area contributed by atoms with Gasteiger partial charge in [0.05, 0.1) is 18.7 Å². The molecule has 0 saturated carbocycles. The Hall–Kier alpha value is -2.60. The van der Waals surface area contributed by atoms with E-state index in [2.05, 4.69) is 5.32 Å². The number of hydrogen-bond acceptors (Lipinski definition) is 4. The smallest absolute Gasteiger partial charge is 0.341 e. The van der Waals surface area contributed by atoms with E-state index in [4.69, 9.17) is 21.1 Å². The fourth-order valence-electron chi connectivity index (χ4n) is 2.12. The topological polar surface area (TPSA) is 64.6 Å². The molecule has 132 valence electrons. The van der Waals surface area contributed by atoms with Gasteiger partial charge in [0.15, 0.2) is 6.61 Å². The summed E-state index contributed by atoms with van der Waals surface area (Å²) < 4.78 is 23.5. The average molecular weight is 366 g/mol. The highest BCUT2D eigenvalue weighted by Crippen LogP contribution is 2.18. The molecule has 0 unspecified atom stereocenters. The lowest BCUT2D eigenvalue weighted by molar-refractivity contribution is -0.124. The minimum absolute atomic E-state index is 0.200. The Kier molecular flexibility index (Phi) is 6.36. The monoisotopic (exact) mass is 365 g/mol. The number of carbonyl (C=O) groups is 2. The number of halogens is 2. The molecule has 1 amide bonds. The predicted molar refractivity (Wildman–Crippen MR) is 91.2 cm³/mol. The van der Waals surface area contributed by atoms with Crippen molar-refractivity contribution in [1.29, 1.82) is 0 Å². The van der Waals surface area contributed by atoms with Crippen LogP contribution in [0.2, 0.25) is 5.02 Å². The summed E-state index contributed by atoms with van der Waals surface area (Å²) in [6.45, 7) is 1.27. The van der Waals surface area contributed by atoms with Gasteiger partial charge < -0.3 is 14.8 Å².